The van der Waals surface area contributed by atoms with Gasteiger partial charge in [0.05, 0.1) is 19.3 Å². The smallest absolute Gasteiger partial charge is 0.259 e. The average molecular weight is 636 g/mol. The highest BCUT2D eigenvalue weighted by molar-refractivity contribution is 6.04. The number of anilines is 1. The number of aromatic nitrogens is 3. The number of hydrogen-bond donors (Lipinski definition) is 2. The third kappa shape index (κ3) is 6.76. The number of rotatable bonds is 10. The van der Waals surface area contributed by atoms with E-state index < -0.39 is 30.9 Å². The molecule has 47 heavy (non-hydrogen) atoms. The maximum atomic E-state index is 13.4. The molecule has 0 aliphatic carbocycles. The molecule has 11 nitrogen and oxygen atoms in total. The maximum absolute atomic E-state index is 13.4. The minimum atomic E-state index is -0.667. The minimum absolute atomic E-state index is 0.105. The van der Waals surface area contributed by atoms with E-state index in [2.05, 4.69) is 10.4 Å². The summed E-state index contributed by atoms with van der Waals surface area (Å²) in [5.41, 5.74) is 10.5. The van der Waals surface area contributed by atoms with Gasteiger partial charge in [-0.15, -0.1) is 5.10 Å². The van der Waals surface area contributed by atoms with Gasteiger partial charge in [-0.3, -0.25) is 4.79 Å². The van der Waals surface area contributed by atoms with Crippen LogP contribution in [0.4, 0.5) is 5.82 Å². The fraction of sp³-hybridized carbons (Fsp3) is 0.306. The normalized spacial score (nSPS) is 24.1. The molecular weight excluding hydrogens is 598 g/mol. The summed E-state index contributed by atoms with van der Waals surface area (Å²) in [7, 11) is 1.61. The number of hydrogen-bond acceptors (Lipinski definition) is 9. The Balaban J connectivity index is 1.19. The molecule has 4 heterocycles. The van der Waals surface area contributed by atoms with E-state index in [-0.39, 0.29) is 23.2 Å². The van der Waals surface area contributed by atoms with E-state index in [0.717, 1.165) is 22.4 Å². The largest absolute Gasteiger partial charge is 0.381 e. The van der Waals surface area contributed by atoms with Crippen LogP contribution in [0.15, 0.2) is 103 Å². The van der Waals surface area contributed by atoms with Crippen LogP contribution in [-0.2, 0) is 43.3 Å². The zero-order chi connectivity index (χ0) is 32.2. The number of nitrogen functional groups attached to an aromatic ring is 1. The summed E-state index contributed by atoms with van der Waals surface area (Å²) in [6.07, 6.45) is -0.320. The lowest BCUT2D eigenvalue weighted by Crippen LogP contribution is -2.60. The fourth-order valence-corrected chi connectivity index (χ4v) is 6.28. The van der Waals surface area contributed by atoms with Crippen LogP contribution in [0.1, 0.15) is 39.0 Å². The highest BCUT2D eigenvalue weighted by Crippen LogP contribution is 2.40. The first-order chi connectivity index (χ1) is 23.1. The van der Waals surface area contributed by atoms with E-state index in [4.69, 9.17) is 34.4 Å². The first-order valence-corrected chi connectivity index (χ1v) is 15.7. The first-order valence-electron chi connectivity index (χ1n) is 15.7. The zero-order valence-electron chi connectivity index (χ0n) is 26.0. The van der Waals surface area contributed by atoms with Crippen LogP contribution < -0.4 is 11.1 Å². The number of methoxy groups -OCH3 is 1. The molecule has 0 saturated carbocycles. The molecule has 242 valence electrons. The maximum Gasteiger partial charge on any atom is 0.259 e. The van der Waals surface area contributed by atoms with Crippen molar-refractivity contribution in [2.45, 2.75) is 50.5 Å². The van der Waals surface area contributed by atoms with Gasteiger partial charge in [-0.1, -0.05) is 91.0 Å². The molecule has 2 aromatic heterocycles. The zero-order valence-corrected chi connectivity index (χ0v) is 26.0. The molecule has 2 aliphatic rings. The Morgan fingerprint density at radius 3 is 2.38 bits per heavy atom. The second kappa shape index (κ2) is 14.0. The third-order valence-corrected chi connectivity index (χ3v) is 8.61. The molecule has 2 saturated heterocycles. The molecular formula is C36H37N5O6. The summed E-state index contributed by atoms with van der Waals surface area (Å²) < 4.78 is 33.1. The van der Waals surface area contributed by atoms with Crippen molar-refractivity contribution in [2.24, 2.45) is 5.92 Å². The molecule has 0 spiro atoms. The SMILES string of the molecule is CO[C@H]1O[C@@H]2CO[C@@H](c3ccccc3)O[C@H]2[C@@H](Cc2ccn3nc(N)c(C(=O)NCc4ccccc4)c3n2)[C@@H]1OCc1ccccc1. The topological polar surface area (TPSA) is 131 Å². The Hall–Kier alpha value is -4.65. The van der Waals surface area contributed by atoms with Gasteiger partial charge in [0.1, 0.15) is 17.8 Å². The fourth-order valence-electron chi connectivity index (χ4n) is 6.28. The van der Waals surface area contributed by atoms with E-state index in [0.29, 0.717) is 31.8 Å². The van der Waals surface area contributed by atoms with Crippen molar-refractivity contribution >= 4 is 17.4 Å². The summed E-state index contributed by atoms with van der Waals surface area (Å²) in [5, 5.41) is 7.30. The van der Waals surface area contributed by atoms with E-state index >= 15 is 0 Å². The van der Waals surface area contributed by atoms with Gasteiger partial charge >= 0.3 is 0 Å². The molecule has 1 amide bonds. The van der Waals surface area contributed by atoms with Gasteiger partial charge in [-0.05, 0) is 23.6 Å². The van der Waals surface area contributed by atoms with Crippen molar-refractivity contribution in [3.63, 3.8) is 0 Å². The van der Waals surface area contributed by atoms with E-state index in [1.54, 1.807) is 13.3 Å². The summed E-state index contributed by atoms with van der Waals surface area (Å²) >= 11 is 0. The van der Waals surface area contributed by atoms with Gasteiger partial charge in [-0.25, -0.2) is 9.50 Å². The van der Waals surface area contributed by atoms with Crippen LogP contribution >= 0.6 is 0 Å². The number of carbonyl (C=O) groups excluding carboxylic acids is 1. The van der Waals surface area contributed by atoms with Crippen LogP contribution in [0.2, 0.25) is 0 Å². The molecule has 7 rings (SSSR count). The molecule has 0 radical (unpaired) electrons. The predicted octanol–water partition coefficient (Wildman–Crippen LogP) is 4.47. The van der Waals surface area contributed by atoms with Gasteiger partial charge in [0.2, 0.25) is 0 Å². The number of nitrogens with one attached hydrogen (secondary N) is 1. The monoisotopic (exact) mass is 635 g/mol. The Bertz CT molecular complexity index is 1780. The van der Waals surface area contributed by atoms with Crippen molar-refractivity contribution in [2.75, 3.05) is 19.5 Å². The van der Waals surface area contributed by atoms with Crippen LogP contribution in [0.25, 0.3) is 5.65 Å². The predicted molar refractivity (Wildman–Crippen MR) is 173 cm³/mol. The van der Waals surface area contributed by atoms with Gasteiger partial charge in [-0.2, -0.15) is 0 Å². The lowest BCUT2D eigenvalue weighted by atomic mass is 9.84. The second-order valence-electron chi connectivity index (χ2n) is 11.7. The molecule has 3 N–H and O–H groups in total. The van der Waals surface area contributed by atoms with Crippen molar-refractivity contribution in [1.82, 2.24) is 19.9 Å². The van der Waals surface area contributed by atoms with Crippen LogP contribution in [-0.4, -0.2) is 58.8 Å². The Labute approximate surface area is 272 Å². The van der Waals surface area contributed by atoms with Gasteiger partial charge < -0.3 is 34.7 Å². The average Bonchev–Trinajstić information content (AvgIpc) is 3.45. The Morgan fingerprint density at radius 1 is 0.957 bits per heavy atom. The van der Waals surface area contributed by atoms with Gasteiger partial charge in [0, 0.05) is 37.0 Å². The summed E-state index contributed by atoms with van der Waals surface area (Å²) in [6, 6.07) is 31.4. The summed E-state index contributed by atoms with van der Waals surface area (Å²) in [5.74, 6) is -0.490. The Kier molecular flexibility index (Phi) is 9.23. The molecule has 5 aromatic rings. The highest BCUT2D eigenvalue weighted by Gasteiger charge is 2.50. The Morgan fingerprint density at radius 2 is 1.66 bits per heavy atom. The molecule has 3 aromatic carbocycles. The number of amides is 1. The van der Waals surface area contributed by atoms with E-state index in [1.807, 2.05) is 97.1 Å². The number of carbonyl (C=O) groups is 1. The molecule has 0 unspecified atom stereocenters. The lowest BCUT2D eigenvalue weighted by molar-refractivity contribution is -0.355. The third-order valence-electron chi connectivity index (χ3n) is 8.61. The second-order valence-corrected chi connectivity index (χ2v) is 11.7. The minimum Gasteiger partial charge on any atom is -0.381 e. The van der Waals surface area contributed by atoms with Crippen molar-refractivity contribution in [3.8, 4) is 0 Å². The summed E-state index contributed by atoms with van der Waals surface area (Å²) in [4.78, 5) is 18.3. The van der Waals surface area contributed by atoms with E-state index in [1.165, 1.54) is 4.52 Å². The standard InChI is InChI=1S/C36H37N5O6/c1-43-36-31(44-21-24-13-7-3-8-14-24)27(30-28(46-36)22-45-35(47-30)25-15-9-4-10-16-25)19-26-17-18-41-33(39-26)29(32(37)40-41)34(42)38-20-23-11-5-2-6-12-23/h2-18,27-28,30-31,35-36H,19-22H2,1H3,(H2,37,40)(H,38,42)/t27-,28-,30+,31+,35-,36+/m1/s1. The molecule has 2 fully saturated rings. The van der Waals surface area contributed by atoms with Gasteiger partial charge in [0.25, 0.3) is 5.91 Å². The number of nitrogens with two attached hydrogens (primary N) is 1. The highest BCUT2D eigenvalue weighted by atomic mass is 16.7. The summed E-state index contributed by atoms with van der Waals surface area (Å²) in [6.45, 7) is 1.03. The number of fused-ring (bicyclic) bond motifs is 2. The first kappa shape index (κ1) is 31.0. The molecule has 11 heteroatoms. The van der Waals surface area contributed by atoms with Gasteiger partial charge in [0.15, 0.2) is 24.0 Å². The van der Waals surface area contributed by atoms with Crippen molar-refractivity contribution < 1.29 is 28.5 Å². The van der Waals surface area contributed by atoms with Crippen molar-refractivity contribution in [1.29, 1.82) is 0 Å². The number of nitrogens with zero attached hydrogens (tertiary/aromatic N) is 3. The van der Waals surface area contributed by atoms with Crippen LogP contribution in [0.3, 0.4) is 0 Å². The quantitative estimate of drug-likeness (QED) is 0.228. The lowest BCUT2D eigenvalue weighted by Gasteiger charge is -2.49. The number of ether oxygens (including phenoxy) is 5. The number of benzene rings is 3. The van der Waals surface area contributed by atoms with E-state index in [9.17, 15) is 4.79 Å². The molecule has 6 atom stereocenters. The van der Waals surface area contributed by atoms with Crippen molar-refractivity contribution in [3.05, 3.63) is 131 Å². The van der Waals surface area contributed by atoms with Crippen LogP contribution in [0.5, 0.6) is 0 Å². The molecule has 0 bridgehead atoms. The van der Waals surface area contributed by atoms with Crippen LogP contribution in [0, 0.1) is 5.92 Å². The molecule has 2 aliphatic heterocycles.